The SMILES string of the molecule is CCC1(C(=O)N(C)CCOc2cccc(C)c2)CCNC1. The van der Waals surface area contributed by atoms with Crippen LogP contribution < -0.4 is 10.1 Å². The summed E-state index contributed by atoms with van der Waals surface area (Å²) in [6, 6.07) is 7.98. The number of hydrogen-bond donors (Lipinski definition) is 1. The van der Waals surface area contributed by atoms with E-state index in [0.717, 1.165) is 31.7 Å². The molecule has 4 nitrogen and oxygen atoms in total. The van der Waals surface area contributed by atoms with Gasteiger partial charge in [0.25, 0.3) is 0 Å². The Hall–Kier alpha value is -1.55. The third kappa shape index (κ3) is 3.76. The Balaban J connectivity index is 1.84. The van der Waals surface area contributed by atoms with Crippen molar-refractivity contribution in [3.05, 3.63) is 29.8 Å². The number of nitrogens with zero attached hydrogens (tertiary/aromatic N) is 1. The van der Waals surface area contributed by atoms with Crippen LogP contribution in [-0.4, -0.2) is 44.1 Å². The molecule has 1 aromatic carbocycles. The van der Waals surface area contributed by atoms with Crippen LogP contribution in [0.4, 0.5) is 0 Å². The number of carbonyl (C=O) groups excluding carboxylic acids is 1. The number of rotatable bonds is 6. The maximum Gasteiger partial charge on any atom is 0.229 e. The molecule has 1 aliphatic rings. The highest BCUT2D eigenvalue weighted by Crippen LogP contribution is 2.31. The second-order valence-electron chi connectivity index (χ2n) is 5.95. The fraction of sp³-hybridized carbons (Fsp3) is 0.588. The van der Waals surface area contributed by atoms with Crippen LogP contribution in [0.3, 0.4) is 0 Å². The van der Waals surface area contributed by atoms with Crippen molar-refractivity contribution in [3.8, 4) is 5.75 Å². The van der Waals surface area contributed by atoms with Crippen molar-refractivity contribution in [3.63, 3.8) is 0 Å². The van der Waals surface area contributed by atoms with Crippen LogP contribution in [0.5, 0.6) is 5.75 Å². The Morgan fingerprint density at radius 1 is 1.48 bits per heavy atom. The second-order valence-corrected chi connectivity index (χ2v) is 5.95. The zero-order valence-electron chi connectivity index (χ0n) is 13.3. The average molecular weight is 290 g/mol. The molecular formula is C17H26N2O2. The molecule has 1 aromatic rings. The number of amides is 1. The van der Waals surface area contributed by atoms with Gasteiger partial charge < -0.3 is 15.0 Å². The zero-order valence-corrected chi connectivity index (χ0v) is 13.3. The highest BCUT2D eigenvalue weighted by Gasteiger charge is 2.40. The summed E-state index contributed by atoms with van der Waals surface area (Å²) in [5.41, 5.74) is 0.969. The maximum absolute atomic E-state index is 12.6. The van der Waals surface area contributed by atoms with Gasteiger partial charge >= 0.3 is 0 Å². The molecule has 1 unspecified atom stereocenters. The zero-order chi connectivity index (χ0) is 15.3. The van der Waals surface area contributed by atoms with Crippen molar-refractivity contribution in [2.24, 2.45) is 5.41 Å². The molecule has 0 aromatic heterocycles. The number of aryl methyl sites for hydroxylation is 1. The van der Waals surface area contributed by atoms with Gasteiger partial charge in [0.05, 0.1) is 12.0 Å². The first-order chi connectivity index (χ1) is 10.1. The minimum Gasteiger partial charge on any atom is -0.492 e. The van der Waals surface area contributed by atoms with Crippen LogP contribution in [-0.2, 0) is 4.79 Å². The monoisotopic (exact) mass is 290 g/mol. The lowest BCUT2D eigenvalue weighted by Crippen LogP contribution is -2.44. The van der Waals surface area contributed by atoms with E-state index in [0.29, 0.717) is 13.2 Å². The first-order valence-electron chi connectivity index (χ1n) is 7.73. The standard InChI is InChI=1S/C17H26N2O2/c1-4-17(8-9-18-13-17)16(20)19(3)10-11-21-15-7-5-6-14(2)12-15/h5-7,12,18H,4,8-11,13H2,1-3H3. The molecule has 1 aliphatic heterocycles. The predicted octanol–water partition coefficient (Wildman–Crippen LogP) is 2.22. The highest BCUT2D eigenvalue weighted by molar-refractivity contribution is 5.83. The molecule has 1 N–H and O–H groups in total. The molecule has 0 spiro atoms. The molecule has 1 heterocycles. The van der Waals surface area contributed by atoms with Crippen molar-refractivity contribution in [1.82, 2.24) is 10.2 Å². The summed E-state index contributed by atoms with van der Waals surface area (Å²) in [5, 5.41) is 3.31. The summed E-state index contributed by atoms with van der Waals surface area (Å²) < 4.78 is 5.73. The number of hydrogen-bond acceptors (Lipinski definition) is 3. The normalized spacial score (nSPS) is 21.3. The van der Waals surface area contributed by atoms with Crippen molar-refractivity contribution < 1.29 is 9.53 Å². The Bertz CT molecular complexity index is 481. The molecule has 0 radical (unpaired) electrons. The van der Waals surface area contributed by atoms with Gasteiger partial charge in [-0.15, -0.1) is 0 Å². The quantitative estimate of drug-likeness (QED) is 0.873. The first kappa shape index (κ1) is 15.8. The van der Waals surface area contributed by atoms with Crippen LogP contribution in [0.25, 0.3) is 0 Å². The van der Waals surface area contributed by atoms with Crippen molar-refractivity contribution in [2.75, 3.05) is 33.3 Å². The fourth-order valence-electron chi connectivity index (χ4n) is 2.89. The van der Waals surface area contributed by atoms with E-state index in [9.17, 15) is 4.79 Å². The highest BCUT2D eigenvalue weighted by atomic mass is 16.5. The van der Waals surface area contributed by atoms with E-state index in [1.165, 1.54) is 5.56 Å². The fourth-order valence-corrected chi connectivity index (χ4v) is 2.89. The van der Waals surface area contributed by atoms with Gasteiger partial charge in [0.1, 0.15) is 12.4 Å². The Labute approximate surface area is 127 Å². The van der Waals surface area contributed by atoms with E-state index in [1.54, 1.807) is 0 Å². The molecule has 0 bridgehead atoms. The van der Waals surface area contributed by atoms with Crippen molar-refractivity contribution in [2.45, 2.75) is 26.7 Å². The Kier molecular flexibility index (Phi) is 5.23. The number of benzene rings is 1. The summed E-state index contributed by atoms with van der Waals surface area (Å²) in [6.07, 6.45) is 1.83. The van der Waals surface area contributed by atoms with Crippen LogP contribution in [0.15, 0.2) is 24.3 Å². The minimum absolute atomic E-state index is 0.210. The first-order valence-corrected chi connectivity index (χ1v) is 7.73. The molecule has 0 saturated carbocycles. The van der Waals surface area contributed by atoms with Crippen molar-refractivity contribution >= 4 is 5.91 Å². The molecule has 1 fully saturated rings. The van der Waals surface area contributed by atoms with Gasteiger partial charge in [0.15, 0.2) is 0 Å². The van der Waals surface area contributed by atoms with Gasteiger partial charge in [-0.05, 0) is 44.0 Å². The van der Waals surface area contributed by atoms with Crippen LogP contribution in [0.2, 0.25) is 0 Å². The van der Waals surface area contributed by atoms with E-state index in [-0.39, 0.29) is 11.3 Å². The number of ether oxygens (including phenoxy) is 1. The number of likely N-dealkylation sites (N-methyl/N-ethyl adjacent to an activating group) is 1. The van der Waals surface area contributed by atoms with Crippen molar-refractivity contribution in [1.29, 1.82) is 0 Å². The van der Waals surface area contributed by atoms with E-state index >= 15 is 0 Å². The maximum atomic E-state index is 12.6. The molecule has 4 heteroatoms. The Morgan fingerprint density at radius 3 is 2.90 bits per heavy atom. The minimum atomic E-state index is -0.210. The summed E-state index contributed by atoms with van der Waals surface area (Å²) in [6.45, 7) is 7.02. The van der Waals surface area contributed by atoms with E-state index in [4.69, 9.17) is 4.74 Å². The van der Waals surface area contributed by atoms with Crippen LogP contribution in [0, 0.1) is 12.3 Å². The molecule has 2 rings (SSSR count). The van der Waals surface area contributed by atoms with Crippen LogP contribution in [0.1, 0.15) is 25.3 Å². The number of nitrogens with one attached hydrogen (secondary N) is 1. The van der Waals surface area contributed by atoms with E-state index in [1.807, 2.05) is 43.1 Å². The molecular weight excluding hydrogens is 264 g/mol. The molecule has 21 heavy (non-hydrogen) atoms. The molecule has 1 atom stereocenters. The molecule has 0 aliphatic carbocycles. The second kappa shape index (κ2) is 6.94. The molecule has 1 saturated heterocycles. The smallest absolute Gasteiger partial charge is 0.229 e. The average Bonchev–Trinajstić information content (AvgIpc) is 2.96. The Morgan fingerprint density at radius 2 is 2.29 bits per heavy atom. The van der Waals surface area contributed by atoms with Gasteiger partial charge in [-0.3, -0.25) is 4.79 Å². The lowest BCUT2D eigenvalue weighted by atomic mass is 9.83. The van der Waals surface area contributed by atoms with Gasteiger partial charge in [0.2, 0.25) is 5.91 Å². The van der Waals surface area contributed by atoms with E-state index in [2.05, 4.69) is 12.2 Å². The summed E-state index contributed by atoms with van der Waals surface area (Å²) in [4.78, 5) is 14.4. The predicted molar refractivity (Wildman–Crippen MR) is 84.5 cm³/mol. The summed E-state index contributed by atoms with van der Waals surface area (Å²) >= 11 is 0. The van der Waals surface area contributed by atoms with Gasteiger partial charge in [0, 0.05) is 13.6 Å². The third-order valence-corrected chi connectivity index (χ3v) is 4.41. The van der Waals surface area contributed by atoms with Gasteiger partial charge in [-0.1, -0.05) is 19.1 Å². The largest absolute Gasteiger partial charge is 0.492 e. The lowest BCUT2D eigenvalue weighted by Gasteiger charge is -2.30. The summed E-state index contributed by atoms with van der Waals surface area (Å²) in [5.74, 6) is 1.10. The summed E-state index contributed by atoms with van der Waals surface area (Å²) in [7, 11) is 1.87. The van der Waals surface area contributed by atoms with Gasteiger partial charge in [-0.25, -0.2) is 0 Å². The van der Waals surface area contributed by atoms with Gasteiger partial charge in [-0.2, -0.15) is 0 Å². The third-order valence-electron chi connectivity index (χ3n) is 4.41. The molecule has 1 amide bonds. The topological polar surface area (TPSA) is 41.6 Å². The van der Waals surface area contributed by atoms with E-state index < -0.39 is 0 Å². The number of carbonyl (C=O) groups is 1. The lowest BCUT2D eigenvalue weighted by molar-refractivity contribution is -0.140. The molecule has 116 valence electrons. The van der Waals surface area contributed by atoms with Crippen LogP contribution >= 0.6 is 0 Å².